The van der Waals surface area contributed by atoms with Crippen LogP contribution in [0.2, 0.25) is 0 Å². The maximum atomic E-state index is 14.8. The summed E-state index contributed by atoms with van der Waals surface area (Å²) in [4.78, 5) is 81.4. The Labute approximate surface area is 364 Å². The van der Waals surface area contributed by atoms with Crippen LogP contribution in [-0.2, 0) is 20.9 Å². The lowest BCUT2D eigenvalue weighted by atomic mass is 9.70. The zero-order chi connectivity index (χ0) is 44.4. The summed E-state index contributed by atoms with van der Waals surface area (Å²) in [7, 11) is 2.76. The predicted octanol–water partition coefficient (Wildman–Crippen LogP) is 3.53. The molecule has 6 aliphatic heterocycles. The van der Waals surface area contributed by atoms with Crippen LogP contribution in [0.3, 0.4) is 0 Å². The average Bonchev–Trinajstić information content (AvgIpc) is 3.56. The monoisotopic (exact) mass is 869 g/mol. The van der Waals surface area contributed by atoms with E-state index in [9.17, 15) is 32.8 Å². The Bertz CT molecular complexity index is 2340. The van der Waals surface area contributed by atoms with Crippen molar-refractivity contribution in [3.63, 3.8) is 0 Å². The van der Waals surface area contributed by atoms with Crippen LogP contribution in [0.1, 0.15) is 78.7 Å². The minimum atomic E-state index is -3.60. The highest BCUT2D eigenvalue weighted by atomic mass is 19.3. The summed E-state index contributed by atoms with van der Waals surface area (Å²) in [5.74, 6) is -5.39. The Morgan fingerprint density at radius 3 is 2.41 bits per heavy atom. The van der Waals surface area contributed by atoms with Gasteiger partial charge in [0.15, 0.2) is 5.82 Å². The first-order valence-corrected chi connectivity index (χ1v) is 21.7. The maximum absolute atomic E-state index is 14.8. The number of piperidine rings is 3. The molecule has 334 valence electrons. The fourth-order valence-corrected chi connectivity index (χ4v) is 10.1. The minimum absolute atomic E-state index is 0.109. The first-order chi connectivity index (χ1) is 30.1. The SMILES string of the molecule is COc1cc(C(=O)NN2CCC(N3CC4(CCN(c5cccc6c5CN(C5CCC(=O)NC5=O)C6=O)CC4)C3)CC2)ccc1Nc1ncc2c(n1)N(C(C)C)CC(F)(F)C(=O)N2C. The molecule has 2 aromatic carbocycles. The number of methoxy groups -OCH3 is 1. The van der Waals surface area contributed by atoms with Gasteiger partial charge in [0.1, 0.15) is 17.5 Å². The van der Waals surface area contributed by atoms with Crippen molar-refractivity contribution < 1.29 is 37.5 Å². The van der Waals surface area contributed by atoms with E-state index in [4.69, 9.17) is 4.74 Å². The molecule has 1 aromatic heterocycles. The van der Waals surface area contributed by atoms with E-state index < -0.39 is 30.3 Å². The van der Waals surface area contributed by atoms with E-state index in [0.29, 0.717) is 54.7 Å². The number of hydrazine groups is 1. The molecule has 6 aliphatic rings. The van der Waals surface area contributed by atoms with Crippen LogP contribution in [0.15, 0.2) is 42.6 Å². The van der Waals surface area contributed by atoms with E-state index in [2.05, 4.69) is 41.9 Å². The largest absolute Gasteiger partial charge is 0.495 e. The summed E-state index contributed by atoms with van der Waals surface area (Å²) in [6.07, 6.45) is 5.89. The van der Waals surface area contributed by atoms with Crippen LogP contribution in [-0.4, -0.2) is 138 Å². The molecule has 5 amide bonds. The number of nitrogens with one attached hydrogen (secondary N) is 3. The number of amides is 5. The normalized spacial score (nSPS) is 22.7. The topological polar surface area (TPSA) is 176 Å². The molecule has 17 nitrogen and oxygen atoms in total. The van der Waals surface area contributed by atoms with Crippen LogP contribution >= 0.6 is 0 Å². The first-order valence-electron chi connectivity index (χ1n) is 21.7. The third kappa shape index (κ3) is 7.89. The number of rotatable bonds is 9. The van der Waals surface area contributed by atoms with Gasteiger partial charge in [0.2, 0.25) is 17.8 Å². The number of hydrogen-bond acceptors (Lipinski definition) is 13. The molecule has 1 atom stereocenters. The molecule has 3 aromatic rings. The lowest BCUT2D eigenvalue weighted by molar-refractivity contribution is -0.140. The zero-order valence-corrected chi connectivity index (χ0v) is 36.0. The lowest BCUT2D eigenvalue weighted by Crippen LogP contribution is -2.64. The number of benzene rings is 2. The molecule has 0 bridgehead atoms. The molecular formula is C44H53F2N11O6. The Hall–Kier alpha value is -5.95. The summed E-state index contributed by atoms with van der Waals surface area (Å²) in [5, 5.41) is 7.43. The molecule has 63 heavy (non-hydrogen) atoms. The second-order valence-electron chi connectivity index (χ2n) is 18.0. The summed E-state index contributed by atoms with van der Waals surface area (Å²) < 4.78 is 35.2. The molecule has 0 radical (unpaired) electrons. The molecule has 9 rings (SSSR count). The molecule has 1 spiro atoms. The molecule has 0 aliphatic carbocycles. The average molecular weight is 870 g/mol. The van der Waals surface area contributed by atoms with E-state index in [1.165, 1.54) is 25.3 Å². The van der Waals surface area contributed by atoms with E-state index in [0.717, 1.165) is 68.0 Å². The number of hydrogen-bond donors (Lipinski definition) is 3. The van der Waals surface area contributed by atoms with Gasteiger partial charge in [-0.15, -0.1) is 0 Å². The van der Waals surface area contributed by atoms with Crippen molar-refractivity contribution in [3.05, 3.63) is 59.3 Å². The molecule has 1 unspecified atom stereocenters. The number of nitrogens with zero attached hydrogens (tertiary/aromatic N) is 8. The second-order valence-corrected chi connectivity index (χ2v) is 18.0. The van der Waals surface area contributed by atoms with Crippen molar-refractivity contribution in [2.45, 2.75) is 83.0 Å². The van der Waals surface area contributed by atoms with Crippen molar-refractivity contribution in [1.82, 2.24) is 35.5 Å². The van der Waals surface area contributed by atoms with Crippen LogP contribution in [0.25, 0.3) is 0 Å². The highest BCUT2D eigenvalue weighted by molar-refractivity contribution is 6.06. The van der Waals surface area contributed by atoms with Gasteiger partial charge >= 0.3 is 5.92 Å². The van der Waals surface area contributed by atoms with Gasteiger partial charge in [-0.1, -0.05) is 6.07 Å². The van der Waals surface area contributed by atoms with Crippen molar-refractivity contribution in [2.75, 3.05) is 80.0 Å². The highest BCUT2D eigenvalue weighted by Gasteiger charge is 2.49. The van der Waals surface area contributed by atoms with Crippen LogP contribution in [0, 0.1) is 5.41 Å². The number of fused-ring (bicyclic) bond motifs is 2. The smallest absolute Gasteiger partial charge is 0.342 e. The summed E-state index contributed by atoms with van der Waals surface area (Å²) >= 11 is 0. The molecule has 3 N–H and O–H groups in total. The fraction of sp³-hybridized carbons (Fsp3) is 0.523. The Balaban J connectivity index is 0.756. The van der Waals surface area contributed by atoms with Gasteiger partial charge in [0.05, 0.1) is 25.5 Å². The van der Waals surface area contributed by atoms with E-state index in [1.54, 1.807) is 36.9 Å². The molecule has 0 saturated carbocycles. The second kappa shape index (κ2) is 16.3. The van der Waals surface area contributed by atoms with E-state index in [1.807, 2.05) is 17.1 Å². The summed E-state index contributed by atoms with van der Waals surface area (Å²) in [6, 6.07) is 10.2. The third-order valence-corrected chi connectivity index (χ3v) is 13.7. The molecular weight excluding hydrogens is 817 g/mol. The van der Waals surface area contributed by atoms with Gasteiger partial charge in [-0.2, -0.15) is 13.8 Å². The van der Waals surface area contributed by atoms with Gasteiger partial charge in [-0.25, -0.2) is 9.99 Å². The van der Waals surface area contributed by atoms with Gasteiger partial charge in [-0.05, 0) is 81.7 Å². The molecule has 4 fully saturated rings. The molecule has 19 heteroatoms. The van der Waals surface area contributed by atoms with Crippen LogP contribution < -0.4 is 35.5 Å². The number of alkyl halides is 2. The van der Waals surface area contributed by atoms with Crippen molar-refractivity contribution in [2.24, 2.45) is 5.41 Å². The van der Waals surface area contributed by atoms with Crippen molar-refractivity contribution in [1.29, 1.82) is 0 Å². The van der Waals surface area contributed by atoms with Gasteiger partial charge in [0.25, 0.3) is 17.7 Å². The molecule has 7 heterocycles. The van der Waals surface area contributed by atoms with E-state index >= 15 is 0 Å². The van der Waals surface area contributed by atoms with Gasteiger partial charge in [-0.3, -0.25) is 39.6 Å². The van der Waals surface area contributed by atoms with E-state index in [-0.39, 0.29) is 53.1 Å². The standard InChI is InChI=1S/C44H53F2N11O6/c1-26(2)57-25-44(45,46)41(62)52(3)34-21-47-42(50-37(34)57)48-31-9-8-27(20-35(31)63-4)38(59)51-55-16-12-28(13-17-55)54-23-43(24-54)14-18-53(19-15-43)32-7-5-6-29-30(32)22-56(40(29)61)33-10-11-36(58)49-39(33)60/h5-9,20-21,26,28,33H,10-19,22-25H2,1-4H3,(H,51,59)(H,47,48,50)(H,49,58,60). The Kier molecular flexibility index (Phi) is 11.0. The number of imide groups is 1. The third-order valence-electron chi connectivity index (χ3n) is 13.7. The van der Waals surface area contributed by atoms with Crippen LogP contribution in [0.4, 0.5) is 37.6 Å². The number of aromatic nitrogens is 2. The maximum Gasteiger partial charge on any atom is 0.342 e. The fourth-order valence-electron chi connectivity index (χ4n) is 10.1. The highest BCUT2D eigenvalue weighted by Crippen LogP contribution is 2.45. The Morgan fingerprint density at radius 1 is 0.968 bits per heavy atom. The number of carbonyl (C=O) groups excluding carboxylic acids is 5. The zero-order valence-electron chi connectivity index (χ0n) is 36.0. The number of halogens is 2. The number of ether oxygens (including phenoxy) is 1. The summed E-state index contributed by atoms with van der Waals surface area (Å²) in [5.41, 5.74) is 7.01. The lowest BCUT2D eigenvalue weighted by Gasteiger charge is -2.57. The van der Waals surface area contributed by atoms with Crippen molar-refractivity contribution in [3.8, 4) is 5.75 Å². The minimum Gasteiger partial charge on any atom is -0.495 e. The predicted molar refractivity (Wildman–Crippen MR) is 229 cm³/mol. The Morgan fingerprint density at radius 2 is 1.71 bits per heavy atom. The molecule has 4 saturated heterocycles. The van der Waals surface area contributed by atoms with Crippen molar-refractivity contribution >= 4 is 58.4 Å². The number of likely N-dealkylation sites (tertiary alicyclic amines) is 1. The number of carbonyl (C=O) groups is 5. The van der Waals surface area contributed by atoms with Gasteiger partial charge in [0, 0.05) is 93.7 Å². The quantitative estimate of drug-likeness (QED) is 0.267. The first kappa shape index (κ1) is 42.4. The summed E-state index contributed by atoms with van der Waals surface area (Å²) in [6.45, 7) is 8.37. The van der Waals surface area contributed by atoms with Crippen LogP contribution in [0.5, 0.6) is 5.75 Å². The number of anilines is 5. The van der Waals surface area contributed by atoms with Gasteiger partial charge < -0.3 is 29.7 Å².